The minimum atomic E-state index is -0.193. The molecule has 0 fully saturated rings. The van der Waals surface area contributed by atoms with Crippen LogP contribution in [0.25, 0.3) is 11.0 Å². The van der Waals surface area contributed by atoms with Crippen LogP contribution in [-0.4, -0.2) is 42.4 Å². The van der Waals surface area contributed by atoms with E-state index < -0.39 is 0 Å². The van der Waals surface area contributed by atoms with Gasteiger partial charge in [0.05, 0.1) is 11.0 Å². The molecule has 0 saturated carbocycles. The highest BCUT2D eigenvalue weighted by atomic mass is 32.2. The van der Waals surface area contributed by atoms with E-state index in [1.165, 1.54) is 5.52 Å². The summed E-state index contributed by atoms with van der Waals surface area (Å²) in [4.78, 5) is 18.0. The lowest BCUT2D eigenvalue weighted by atomic mass is 9.95. The number of anilines is 2. The lowest BCUT2D eigenvalue weighted by molar-refractivity contribution is 0.128. The summed E-state index contributed by atoms with van der Waals surface area (Å²) < 4.78 is 10.2. The van der Waals surface area contributed by atoms with Gasteiger partial charge in [0.15, 0.2) is 0 Å². The number of carbonyl (C=O) groups excluding carboxylic acids is 1. The van der Waals surface area contributed by atoms with Gasteiger partial charge in [0, 0.05) is 55.0 Å². The Morgan fingerprint density at radius 3 is 2.49 bits per heavy atom. The smallest absolute Gasteiger partial charge is 0.319 e. The number of carbonyl (C=O) groups is 1. The maximum Gasteiger partial charge on any atom is 0.319 e. The van der Waals surface area contributed by atoms with E-state index in [1.807, 2.05) is 31.2 Å². The SMILES string of the molecule is CCNC(=O)Nc1ccc(SN(C)c2ccc3c(c2)nc(C(C)(C)C)n3CC(CC)CCOCC)cc1. The molecule has 0 bridgehead atoms. The van der Waals surface area contributed by atoms with Crippen LogP contribution in [0.5, 0.6) is 0 Å². The molecular formula is C29H43N5O2S. The van der Waals surface area contributed by atoms with E-state index in [0.29, 0.717) is 12.5 Å². The summed E-state index contributed by atoms with van der Waals surface area (Å²) in [5.41, 5.74) is 4.02. The van der Waals surface area contributed by atoms with Gasteiger partial charge in [0.2, 0.25) is 0 Å². The molecule has 1 aromatic heterocycles. The van der Waals surface area contributed by atoms with Gasteiger partial charge in [0.1, 0.15) is 5.82 Å². The molecule has 2 N–H and O–H groups in total. The topological polar surface area (TPSA) is 71.4 Å². The number of fused-ring (bicyclic) bond motifs is 1. The fourth-order valence-electron chi connectivity index (χ4n) is 4.29. The highest BCUT2D eigenvalue weighted by molar-refractivity contribution is 8.00. The van der Waals surface area contributed by atoms with E-state index in [1.54, 1.807) is 11.9 Å². The van der Waals surface area contributed by atoms with Crippen molar-refractivity contribution in [2.75, 3.05) is 36.4 Å². The van der Waals surface area contributed by atoms with Gasteiger partial charge < -0.3 is 24.2 Å². The molecule has 8 heteroatoms. The van der Waals surface area contributed by atoms with E-state index in [2.05, 4.69) is 79.4 Å². The third-order valence-corrected chi connectivity index (χ3v) is 7.32. The number of nitrogens with zero attached hydrogens (tertiary/aromatic N) is 3. The van der Waals surface area contributed by atoms with Crippen molar-refractivity contribution in [1.82, 2.24) is 14.9 Å². The Morgan fingerprint density at radius 1 is 1.14 bits per heavy atom. The summed E-state index contributed by atoms with van der Waals surface area (Å²) in [5, 5.41) is 5.58. The minimum Gasteiger partial charge on any atom is -0.382 e. The van der Waals surface area contributed by atoms with E-state index in [9.17, 15) is 4.79 Å². The second kappa shape index (κ2) is 13.2. The molecule has 2 amide bonds. The molecule has 1 heterocycles. The number of benzene rings is 2. The molecule has 2 aromatic carbocycles. The zero-order valence-electron chi connectivity index (χ0n) is 23.4. The van der Waals surface area contributed by atoms with Crippen LogP contribution in [-0.2, 0) is 16.7 Å². The Bertz CT molecular complexity index is 1150. The van der Waals surface area contributed by atoms with Crippen LogP contribution in [0.15, 0.2) is 47.4 Å². The number of ether oxygens (including phenoxy) is 1. The molecule has 0 spiro atoms. The fourth-order valence-corrected chi connectivity index (χ4v) is 5.09. The Labute approximate surface area is 226 Å². The largest absolute Gasteiger partial charge is 0.382 e. The van der Waals surface area contributed by atoms with Crippen LogP contribution in [0, 0.1) is 5.92 Å². The standard InChI is InChI=1S/C29H43N5O2S/c1-8-21(17-18-36-10-3)20-34-26-16-13-23(19-25(26)32-27(34)29(4,5)6)33(7)37-24-14-11-22(12-15-24)31-28(35)30-9-2/h11-16,19,21H,8-10,17-18,20H2,1-7H3,(H2,30,31,35). The van der Waals surface area contributed by atoms with Crippen molar-refractivity contribution in [3.05, 3.63) is 48.3 Å². The first-order chi connectivity index (χ1) is 17.7. The van der Waals surface area contributed by atoms with Gasteiger partial charge in [-0.15, -0.1) is 0 Å². The maximum absolute atomic E-state index is 11.7. The Hall–Kier alpha value is -2.71. The molecule has 3 rings (SSSR count). The van der Waals surface area contributed by atoms with Gasteiger partial charge in [-0.05, 0) is 80.6 Å². The Balaban J connectivity index is 1.79. The summed E-state index contributed by atoms with van der Waals surface area (Å²) >= 11 is 1.64. The van der Waals surface area contributed by atoms with E-state index in [-0.39, 0.29) is 11.4 Å². The number of hydrogen-bond donors (Lipinski definition) is 2. The number of urea groups is 1. The van der Waals surface area contributed by atoms with Gasteiger partial charge in [-0.25, -0.2) is 9.78 Å². The predicted octanol–water partition coefficient (Wildman–Crippen LogP) is 7.07. The molecule has 3 aromatic rings. The predicted molar refractivity (Wildman–Crippen MR) is 157 cm³/mol. The molecular weight excluding hydrogens is 482 g/mol. The molecule has 0 aliphatic rings. The van der Waals surface area contributed by atoms with Gasteiger partial charge in [-0.2, -0.15) is 0 Å². The zero-order valence-corrected chi connectivity index (χ0v) is 24.2. The number of nitrogens with one attached hydrogen (secondary N) is 2. The molecule has 202 valence electrons. The normalized spacial score (nSPS) is 12.5. The Morgan fingerprint density at radius 2 is 1.86 bits per heavy atom. The molecule has 7 nitrogen and oxygen atoms in total. The van der Waals surface area contributed by atoms with Crippen LogP contribution < -0.4 is 14.9 Å². The highest BCUT2D eigenvalue weighted by Crippen LogP contribution is 2.33. The van der Waals surface area contributed by atoms with Crippen LogP contribution in [0.1, 0.15) is 60.2 Å². The quantitative estimate of drug-likeness (QED) is 0.195. The van der Waals surface area contributed by atoms with Crippen LogP contribution in [0.2, 0.25) is 0 Å². The van der Waals surface area contributed by atoms with Crippen LogP contribution >= 0.6 is 11.9 Å². The average molecular weight is 526 g/mol. The van der Waals surface area contributed by atoms with Gasteiger partial charge in [0.25, 0.3) is 0 Å². The van der Waals surface area contributed by atoms with Crippen molar-refractivity contribution in [3.63, 3.8) is 0 Å². The van der Waals surface area contributed by atoms with Crippen molar-refractivity contribution in [2.45, 2.75) is 71.2 Å². The minimum absolute atomic E-state index is 0.0537. The van der Waals surface area contributed by atoms with Gasteiger partial charge in [-0.3, -0.25) is 0 Å². The summed E-state index contributed by atoms with van der Waals surface area (Å²) in [7, 11) is 2.06. The van der Waals surface area contributed by atoms with E-state index >= 15 is 0 Å². The maximum atomic E-state index is 11.7. The highest BCUT2D eigenvalue weighted by Gasteiger charge is 2.24. The third kappa shape index (κ3) is 7.89. The van der Waals surface area contributed by atoms with Crippen molar-refractivity contribution < 1.29 is 9.53 Å². The van der Waals surface area contributed by atoms with Gasteiger partial charge in [-0.1, -0.05) is 34.1 Å². The monoisotopic (exact) mass is 525 g/mol. The zero-order chi connectivity index (χ0) is 27.0. The summed E-state index contributed by atoms with van der Waals surface area (Å²) in [6.45, 7) is 16.0. The molecule has 0 aliphatic carbocycles. The summed E-state index contributed by atoms with van der Waals surface area (Å²) in [5.74, 6) is 1.67. The van der Waals surface area contributed by atoms with E-state index in [4.69, 9.17) is 9.72 Å². The first kappa shape index (κ1) is 28.9. The number of hydrogen-bond acceptors (Lipinski definition) is 5. The average Bonchev–Trinajstić information content (AvgIpc) is 3.23. The molecule has 1 atom stereocenters. The third-order valence-electron chi connectivity index (χ3n) is 6.35. The van der Waals surface area contributed by atoms with Crippen molar-refractivity contribution >= 4 is 40.4 Å². The second-order valence-corrected chi connectivity index (χ2v) is 11.5. The van der Waals surface area contributed by atoms with Crippen molar-refractivity contribution in [3.8, 4) is 0 Å². The number of rotatable bonds is 12. The molecule has 37 heavy (non-hydrogen) atoms. The Kier molecular flexibility index (Phi) is 10.3. The molecule has 0 saturated heterocycles. The van der Waals surface area contributed by atoms with Crippen LogP contribution in [0.4, 0.5) is 16.2 Å². The first-order valence-corrected chi connectivity index (χ1v) is 14.1. The van der Waals surface area contributed by atoms with E-state index in [0.717, 1.165) is 60.2 Å². The number of amides is 2. The summed E-state index contributed by atoms with van der Waals surface area (Å²) in [6.07, 6.45) is 2.17. The van der Waals surface area contributed by atoms with Gasteiger partial charge >= 0.3 is 6.03 Å². The summed E-state index contributed by atoms with van der Waals surface area (Å²) in [6, 6.07) is 14.2. The molecule has 0 aliphatic heterocycles. The van der Waals surface area contributed by atoms with Crippen LogP contribution in [0.3, 0.4) is 0 Å². The first-order valence-electron chi connectivity index (χ1n) is 13.3. The molecule has 0 radical (unpaired) electrons. The molecule has 1 unspecified atom stereocenters. The second-order valence-electron chi connectivity index (χ2n) is 10.3. The van der Waals surface area contributed by atoms with Crippen molar-refractivity contribution in [1.29, 1.82) is 0 Å². The number of imidazole rings is 1. The lowest BCUT2D eigenvalue weighted by Gasteiger charge is -2.23. The van der Waals surface area contributed by atoms with Crippen molar-refractivity contribution in [2.24, 2.45) is 5.92 Å². The fraction of sp³-hybridized carbons (Fsp3) is 0.517. The lowest BCUT2D eigenvalue weighted by Crippen LogP contribution is -2.28. The number of aromatic nitrogens is 2.